The summed E-state index contributed by atoms with van der Waals surface area (Å²) in [6.07, 6.45) is 1.99. The standard InChI is InChI=1S/C23H21N5O4/c1-12-11-24-22(28-21(12)26-16-3-2-4-17-20(16)31-8-7-30-17)25-14-6-5-13-9-18-19(15(13)10-14)27-23(29)32-18/h2-6,10-11,18-19H,7-9H2,1H3,(H,27,29)(H2,24,25,26,28)/t18-,19+/m1/s1. The molecule has 0 spiro atoms. The van der Waals surface area contributed by atoms with Crippen LogP contribution in [0, 0.1) is 6.92 Å². The van der Waals surface area contributed by atoms with Crippen molar-refractivity contribution in [1.29, 1.82) is 0 Å². The number of anilines is 4. The minimum atomic E-state index is -0.362. The third kappa shape index (κ3) is 3.22. The molecule has 1 aliphatic carbocycles. The quantitative estimate of drug-likeness (QED) is 0.574. The Labute approximate surface area is 184 Å². The Kier molecular flexibility index (Phi) is 4.27. The van der Waals surface area contributed by atoms with Gasteiger partial charge in [0, 0.05) is 23.9 Å². The van der Waals surface area contributed by atoms with Gasteiger partial charge in [0.25, 0.3) is 0 Å². The molecule has 0 unspecified atom stereocenters. The third-order valence-electron chi connectivity index (χ3n) is 5.85. The fourth-order valence-electron chi connectivity index (χ4n) is 4.32. The number of para-hydroxylation sites is 1. The Morgan fingerprint density at radius 3 is 2.97 bits per heavy atom. The van der Waals surface area contributed by atoms with Gasteiger partial charge >= 0.3 is 6.09 Å². The lowest BCUT2D eigenvalue weighted by molar-refractivity contribution is 0.136. The SMILES string of the molecule is Cc1cnc(Nc2ccc3c(c2)[C@@H]2NC(=O)O[C@@H]2C3)nc1Nc1cccc2c1OCCO2. The first-order valence-corrected chi connectivity index (χ1v) is 10.5. The second kappa shape index (κ2) is 7.30. The number of fused-ring (bicyclic) bond motifs is 4. The molecule has 0 saturated carbocycles. The van der Waals surface area contributed by atoms with Crippen LogP contribution in [0.25, 0.3) is 0 Å². The maximum atomic E-state index is 11.6. The number of alkyl carbamates (subject to hydrolysis) is 1. The number of aryl methyl sites for hydroxylation is 1. The number of ether oxygens (including phenoxy) is 3. The van der Waals surface area contributed by atoms with E-state index in [1.54, 1.807) is 6.20 Å². The van der Waals surface area contributed by atoms with Gasteiger partial charge < -0.3 is 30.2 Å². The molecule has 3 N–H and O–H groups in total. The van der Waals surface area contributed by atoms with Crippen LogP contribution in [0.5, 0.6) is 11.5 Å². The average molecular weight is 431 g/mol. The number of rotatable bonds is 4. The molecule has 6 rings (SSSR count). The number of benzene rings is 2. The molecule has 9 nitrogen and oxygen atoms in total. The molecule has 3 aliphatic rings. The van der Waals surface area contributed by atoms with E-state index in [0.717, 1.165) is 28.9 Å². The molecule has 1 amide bonds. The van der Waals surface area contributed by atoms with Crippen molar-refractivity contribution in [1.82, 2.24) is 15.3 Å². The van der Waals surface area contributed by atoms with E-state index in [9.17, 15) is 4.79 Å². The fraction of sp³-hybridized carbons (Fsp3) is 0.261. The Morgan fingerprint density at radius 1 is 1.12 bits per heavy atom. The van der Waals surface area contributed by atoms with Crippen LogP contribution < -0.4 is 25.4 Å². The number of hydrogen-bond donors (Lipinski definition) is 3. The predicted molar refractivity (Wildman–Crippen MR) is 117 cm³/mol. The smallest absolute Gasteiger partial charge is 0.408 e. The molecule has 0 radical (unpaired) electrons. The molecule has 2 aromatic carbocycles. The molecule has 162 valence electrons. The first-order valence-electron chi connectivity index (χ1n) is 10.5. The third-order valence-corrected chi connectivity index (χ3v) is 5.85. The van der Waals surface area contributed by atoms with Gasteiger partial charge in [-0.2, -0.15) is 4.98 Å². The highest BCUT2D eigenvalue weighted by Gasteiger charge is 2.41. The molecule has 0 bridgehead atoms. The average Bonchev–Trinajstić information content (AvgIpc) is 3.32. The summed E-state index contributed by atoms with van der Waals surface area (Å²) in [5.74, 6) is 2.52. The van der Waals surface area contributed by atoms with E-state index in [-0.39, 0.29) is 18.2 Å². The summed E-state index contributed by atoms with van der Waals surface area (Å²) in [5, 5.41) is 9.49. The predicted octanol–water partition coefficient (Wildman–Crippen LogP) is 3.75. The lowest BCUT2D eigenvalue weighted by Gasteiger charge is -2.21. The van der Waals surface area contributed by atoms with Gasteiger partial charge in [-0.1, -0.05) is 12.1 Å². The van der Waals surface area contributed by atoms with Crippen molar-refractivity contribution >= 4 is 29.2 Å². The zero-order valence-electron chi connectivity index (χ0n) is 17.3. The van der Waals surface area contributed by atoms with Gasteiger partial charge in [-0.15, -0.1) is 0 Å². The lowest BCUT2D eigenvalue weighted by Crippen LogP contribution is -2.18. The van der Waals surface area contributed by atoms with Gasteiger partial charge in [-0.25, -0.2) is 9.78 Å². The Bertz CT molecular complexity index is 1230. The van der Waals surface area contributed by atoms with E-state index in [2.05, 4.69) is 25.9 Å². The molecule has 1 saturated heterocycles. The van der Waals surface area contributed by atoms with Gasteiger partial charge in [-0.3, -0.25) is 0 Å². The summed E-state index contributed by atoms with van der Waals surface area (Å²) in [4.78, 5) is 20.6. The van der Waals surface area contributed by atoms with Crippen molar-refractivity contribution in [3.63, 3.8) is 0 Å². The number of carbonyl (C=O) groups is 1. The van der Waals surface area contributed by atoms with Crippen LogP contribution in [-0.2, 0) is 11.2 Å². The number of aromatic nitrogens is 2. The van der Waals surface area contributed by atoms with Crippen molar-refractivity contribution in [2.75, 3.05) is 23.8 Å². The van der Waals surface area contributed by atoms with Crippen LogP contribution >= 0.6 is 0 Å². The van der Waals surface area contributed by atoms with Gasteiger partial charge in [0.15, 0.2) is 11.5 Å². The Hall–Kier alpha value is -4.01. The van der Waals surface area contributed by atoms with Crippen LogP contribution in [0.1, 0.15) is 22.7 Å². The molecule has 3 heterocycles. The fourth-order valence-corrected chi connectivity index (χ4v) is 4.32. The van der Waals surface area contributed by atoms with Crippen LogP contribution in [0.3, 0.4) is 0 Å². The minimum absolute atomic E-state index is 0.109. The van der Waals surface area contributed by atoms with Gasteiger partial charge in [0.05, 0.1) is 11.7 Å². The van der Waals surface area contributed by atoms with E-state index in [0.29, 0.717) is 36.5 Å². The Balaban J connectivity index is 1.25. The molecule has 9 heteroatoms. The maximum absolute atomic E-state index is 11.6. The monoisotopic (exact) mass is 431 g/mol. The number of nitrogens with zero attached hydrogens (tertiary/aromatic N) is 2. The largest absolute Gasteiger partial charge is 0.486 e. The first kappa shape index (κ1) is 18.7. The van der Waals surface area contributed by atoms with Crippen LogP contribution in [0.15, 0.2) is 42.6 Å². The van der Waals surface area contributed by atoms with Crippen molar-refractivity contribution in [3.05, 3.63) is 59.3 Å². The van der Waals surface area contributed by atoms with Crippen molar-refractivity contribution in [3.8, 4) is 11.5 Å². The molecule has 2 atom stereocenters. The van der Waals surface area contributed by atoms with Crippen molar-refractivity contribution in [2.24, 2.45) is 0 Å². The molecule has 3 aromatic rings. The highest BCUT2D eigenvalue weighted by molar-refractivity contribution is 5.73. The zero-order valence-corrected chi connectivity index (χ0v) is 17.3. The topological polar surface area (TPSA) is 107 Å². The summed E-state index contributed by atoms with van der Waals surface area (Å²) >= 11 is 0. The van der Waals surface area contributed by atoms with Crippen LogP contribution in [-0.4, -0.2) is 35.4 Å². The van der Waals surface area contributed by atoms with E-state index in [1.807, 2.05) is 43.3 Å². The number of carbonyl (C=O) groups excluding carboxylic acids is 1. The van der Waals surface area contributed by atoms with Crippen LogP contribution in [0.4, 0.5) is 27.9 Å². The molecule has 1 aromatic heterocycles. The lowest BCUT2D eigenvalue weighted by atomic mass is 10.1. The highest BCUT2D eigenvalue weighted by Crippen LogP contribution is 2.40. The number of nitrogens with one attached hydrogen (secondary N) is 3. The molecular formula is C23H21N5O4. The maximum Gasteiger partial charge on any atom is 0.408 e. The molecule has 2 aliphatic heterocycles. The van der Waals surface area contributed by atoms with E-state index < -0.39 is 0 Å². The van der Waals surface area contributed by atoms with E-state index >= 15 is 0 Å². The minimum Gasteiger partial charge on any atom is -0.486 e. The molecule has 32 heavy (non-hydrogen) atoms. The summed E-state index contributed by atoms with van der Waals surface area (Å²) in [5.41, 5.74) is 4.76. The van der Waals surface area contributed by atoms with Crippen molar-refractivity contribution in [2.45, 2.75) is 25.5 Å². The van der Waals surface area contributed by atoms with E-state index in [1.165, 1.54) is 5.56 Å². The molecule has 1 fully saturated rings. The normalized spacial score (nSPS) is 20.1. The second-order valence-electron chi connectivity index (χ2n) is 7.99. The van der Waals surface area contributed by atoms with Crippen LogP contribution in [0.2, 0.25) is 0 Å². The van der Waals surface area contributed by atoms with Gasteiger partial charge in [0.1, 0.15) is 25.1 Å². The zero-order chi connectivity index (χ0) is 21.7. The molecular weight excluding hydrogens is 410 g/mol. The summed E-state index contributed by atoms with van der Waals surface area (Å²) < 4.78 is 16.8. The van der Waals surface area contributed by atoms with Gasteiger partial charge in [0.2, 0.25) is 5.95 Å². The Morgan fingerprint density at radius 2 is 2.03 bits per heavy atom. The number of amides is 1. The van der Waals surface area contributed by atoms with Gasteiger partial charge in [-0.05, 0) is 42.3 Å². The summed E-state index contributed by atoms with van der Waals surface area (Å²) in [6.45, 7) is 2.99. The first-order chi connectivity index (χ1) is 15.6. The summed E-state index contributed by atoms with van der Waals surface area (Å²) in [6, 6.07) is 11.7. The van der Waals surface area contributed by atoms with E-state index in [4.69, 9.17) is 14.2 Å². The van der Waals surface area contributed by atoms with Crippen molar-refractivity contribution < 1.29 is 19.0 Å². The number of hydrogen-bond acceptors (Lipinski definition) is 8. The summed E-state index contributed by atoms with van der Waals surface area (Å²) in [7, 11) is 0. The highest BCUT2D eigenvalue weighted by atomic mass is 16.6. The second-order valence-corrected chi connectivity index (χ2v) is 7.99.